The first-order valence-electron chi connectivity index (χ1n) is 3.93. The third-order valence-electron chi connectivity index (χ3n) is 1.62. The number of aromatic nitrogens is 1. The second kappa shape index (κ2) is 4.55. The third kappa shape index (κ3) is 2.42. The van der Waals surface area contributed by atoms with Gasteiger partial charge in [-0.1, -0.05) is 0 Å². The standard InChI is InChI=1S/C9H10FNO3/c1-13-8(12)5-6-3-4-7(10)9(11-6)14-2/h3-4H,5H2,1-2H3. The molecule has 0 aliphatic rings. The van der Waals surface area contributed by atoms with Gasteiger partial charge >= 0.3 is 5.97 Å². The molecule has 0 aliphatic carbocycles. The molecule has 0 atom stereocenters. The van der Waals surface area contributed by atoms with Crippen molar-refractivity contribution in [3.63, 3.8) is 0 Å². The molecule has 1 heterocycles. The summed E-state index contributed by atoms with van der Waals surface area (Å²) in [5.41, 5.74) is 0.412. The highest BCUT2D eigenvalue weighted by molar-refractivity contribution is 5.71. The normalized spacial score (nSPS) is 9.64. The van der Waals surface area contributed by atoms with Crippen molar-refractivity contribution in [3.8, 4) is 5.88 Å². The second-order valence-electron chi connectivity index (χ2n) is 2.55. The quantitative estimate of drug-likeness (QED) is 0.680. The van der Waals surface area contributed by atoms with Crippen LogP contribution in [0.1, 0.15) is 5.69 Å². The van der Waals surface area contributed by atoms with Crippen molar-refractivity contribution in [2.75, 3.05) is 14.2 Å². The Balaban J connectivity index is 2.84. The van der Waals surface area contributed by atoms with Gasteiger partial charge in [0.05, 0.1) is 26.3 Å². The number of ether oxygens (including phenoxy) is 2. The molecule has 0 saturated carbocycles. The predicted molar refractivity (Wildman–Crippen MR) is 46.5 cm³/mol. The van der Waals surface area contributed by atoms with Crippen LogP contribution < -0.4 is 4.74 Å². The fraction of sp³-hybridized carbons (Fsp3) is 0.333. The third-order valence-corrected chi connectivity index (χ3v) is 1.62. The van der Waals surface area contributed by atoms with Crippen LogP contribution in [0.15, 0.2) is 12.1 Å². The molecule has 0 bridgehead atoms. The molecule has 0 unspecified atom stereocenters. The van der Waals surface area contributed by atoms with E-state index in [0.717, 1.165) is 0 Å². The van der Waals surface area contributed by atoms with E-state index in [4.69, 9.17) is 0 Å². The minimum atomic E-state index is -0.555. The van der Waals surface area contributed by atoms with E-state index in [0.29, 0.717) is 5.69 Å². The molecule has 0 aliphatic heterocycles. The first kappa shape index (κ1) is 10.4. The smallest absolute Gasteiger partial charge is 0.311 e. The van der Waals surface area contributed by atoms with E-state index >= 15 is 0 Å². The number of nitrogens with zero attached hydrogens (tertiary/aromatic N) is 1. The van der Waals surface area contributed by atoms with Gasteiger partial charge in [0.25, 0.3) is 0 Å². The lowest BCUT2D eigenvalue weighted by Crippen LogP contribution is -2.07. The van der Waals surface area contributed by atoms with Crippen LogP contribution in [0.4, 0.5) is 4.39 Å². The van der Waals surface area contributed by atoms with Gasteiger partial charge in [-0.2, -0.15) is 0 Å². The molecule has 4 nitrogen and oxygen atoms in total. The summed E-state index contributed by atoms with van der Waals surface area (Å²) < 4.78 is 22.0. The summed E-state index contributed by atoms with van der Waals surface area (Å²) in [5.74, 6) is -1.10. The zero-order chi connectivity index (χ0) is 10.6. The summed E-state index contributed by atoms with van der Waals surface area (Å²) in [6.07, 6.45) is 0.00708. The van der Waals surface area contributed by atoms with Crippen molar-refractivity contribution in [2.45, 2.75) is 6.42 Å². The molecule has 0 spiro atoms. The van der Waals surface area contributed by atoms with Gasteiger partial charge in [-0.05, 0) is 12.1 Å². The zero-order valence-corrected chi connectivity index (χ0v) is 7.91. The van der Waals surface area contributed by atoms with Gasteiger partial charge < -0.3 is 9.47 Å². The van der Waals surface area contributed by atoms with E-state index < -0.39 is 11.8 Å². The van der Waals surface area contributed by atoms with Gasteiger partial charge in [0.1, 0.15) is 0 Å². The molecule has 76 valence electrons. The van der Waals surface area contributed by atoms with E-state index in [-0.39, 0.29) is 12.3 Å². The van der Waals surface area contributed by atoms with Crippen LogP contribution in [0.3, 0.4) is 0 Å². The van der Waals surface area contributed by atoms with E-state index in [9.17, 15) is 9.18 Å². The summed E-state index contributed by atoms with van der Waals surface area (Å²) in [6, 6.07) is 2.61. The van der Waals surface area contributed by atoms with E-state index in [1.54, 1.807) is 0 Å². The predicted octanol–water partition coefficient (Wildman–Crippen LogP) is 0.945. The summed E-state index contributed by atoms with van der Waals surface area (Å²) in [7, 11) is 2.59. The average Bonchev–Trinajstić information content (AvgIpc) is 2.20. The summed E-state index contributed by atoms with van der Waals surface area (Å²) in [5, 5.41) is 0. The molecule has 14 heavy (non-hydrogen) atoms. The van der Waals surface area contributed by atoms with E-state index in [1.807, 2.05) is 0 Å². The Morgan fingerprint density at radius 2 is 2.21 bits per heavy atom. The highest BCUT2D eigenvalue weighted by Gasteiger charge is 2.08. The largest absolute Gasteiger partial charge is 0.479 e. The van der Waals surface area contributed by atoms with Crippen molar-refractivity contribution in [3.05, 3.63) is 23.6 Å². The van der Waals surface area contributed by atoms with Crippen LogP contribution in [-0.2, 0) is 16.0 Å². The lowest BCUT2D eigenvalue weighted by atomic mass is 10.3. The summed E-state index contributed by atoms with van der Waals surface area (Å²) in [6.45, 7) is 0. The topological polar surface area (TPSA) is 48.4 Å². The maximum Gasteiger partial charge on any atom is 0.311 e. The number of halogens is 1. The molecular formula is C9H10FNO3. The van der Waals surface area contributed by atoms with E-state index in [2.05, 4.69) is 14.5 Å². The number of esters is 1. The van der Waals surface area contributed by atoms with Crippen LogP contribution in [0.2, 0.25) is 0 Å². The minimum Gasteiger partial charge on any atom is -0.479 e. The van der Waals surface area contributed by atoms with Crippen molar-refractivity contribution < 1.29 is 18.7 Å². The van der Waals surface area contributed by atoms with Gasteiger partial charge in [-0.15, -0.1) is 0 Å². The van der Waals surface area contributed by atoms with Crippen molar-refractivity contribution >= 4 is 5.97 Å². The van der Waals surface area contributed by atoms with Gasteiger partial charge in [-0.3, -0.25) is 4.79 Å². The molecule has 5 heteroatoms. The molecule has 0 saturated heterocycles. The molecule has 0 radical (unpaired) electrons. The van der Waals surface area contributed by atoms with Gasteiger partial charge in [0.15, 0.2) is 5.82 Å². The Labute approximate surface area is 80.7 Å². The SMILES string of the molecule is COC(=O)Cc1ccc(F)c(OC)n1. The van der Waals surface area contributed by atoms with Gasteiger partial charge in [0, 0.05) is 0 Å². The molecule has 0 N–H and O–H groups in total. The second-order valence-corrected chi connectivity index (χ2v) is 2.55. The number of hydrogen-bond acceptors (Lipinski definition) is 4. The van der Waals surface area contributed by atoms with Crippen LogP contribution in [0.25, 0.3) is 0 Å². The fourth-order valence-electron chi connectivity index (χ4n) is 0.923. The molecule has 0 fully saturated rings. The first-order chi connectivity index (χ1) is 6.67. The maximum atomic E-state index is 12.9. The highest BCUT2D eigenvalue weighted by atomic mass is 19.1. The highest BCUT2D eigenvalue weighted by Crippen LogP contribution is 2.13. The lowest BCUT2D eigenvalue weighted by molar-refractivity contribution is -0.139. The molecule has 0 amide bonds. The number of methoxy groups -OCH3 is 2. The number of hydrogen-bond donors (Lipinski definition) is 0. The molecule has 1 aromatic rings. The summed E-state index contributed by atoms with van der Waals surface area (Å²) in [4.78, 5) is 14.6. The van der Waals surface area contributed by atoms with Gasteiger partial charge in [-0.25, -0.2) is 9.37 Å². The first-order valence-corrected chi connectivity index (χ1v) is 3.93. The monoisotopic (exact) mass is 199 g/mol. The van der Waals surface area contributed by atoms with Crippen molar-refractivity contribution in [1.29, 1.82) is 0 Å². The van der Waals surface area contributed by atoms with Gasteiger partial charge in [0.2, 0.25) is 5.88 Å². The van der Waals surface area contributed by atoms with Crippen molar-refractivity contribution in [1.82, 2.24) is 4.98 Å². The summed E-state index contributed by atoms with van der Waals surface area (Å²) >= 11 is 0. The number of carbonyl (C=O) groups is 1. The zero-order valence-electron chi connectivity index (χ0n) is 7.91. The Kier molecular flexibility index (Phi) is 3.39. The molecule has 1 aromatic heterocycles. The average molecular weight is 199 g/mol. The van der Waals surface area contributed by atoms with Crippen LogP contribution in [-0.4, -0.2) is 25.2 Å². The number of carbonyl (C=O) groups excluding carboxylic acids is 1. The fourth-order valence-corrected chi connectivity index (χ4v) is 0.923. The van der Waals surface area contributed by atoms with Crippen molar-refractivity contribution in [2.24, 2.45) is 0 Å². The van der Waals surface area contributed by atoms with Crippen LogP contribution in [0, 0.1) is 5.82 Å². The number of rotatable bonds is 3. The molecule has 0 aromatic carbocycles. The Bertz CT molecular complexity index is 341. The van der Waals surface area contributed by atoms with E-state index in [1.165, 1.54) is 26.4 Å². The van der Waals surface area contributed by atoms with Crippen LogP contribution >= 0.6 is 0 Å². The lowest BCUT2D eigenvalue weighted by Gasteiger charge is -2.03. The molecule has 1 rings (SSSR count). The Morgan fingerprint density at radius 3 is 2.79 bits per heavy atom. The van der Waals surface area contributed by atoms with Crippen LogP contribution in [0.5, 0.6) is 5.88 Å². The minimum absolute atomic E-state index is 0.00708. The Morgan fingerprint density at radius 1 is 1.50 bits per heavy atom. The Hall–Kier alpha value is -1.65. The molecular weight excluding hydrogens is 189 g/mol. The number of pyridine rings is 1. The maximum absolute atomic E-state index is 12.9.